The number of halogens is 2. The van der Waals surface area contributed by atoms with E-state index in [-0.39, 0.29) is 28.2 Å². The van der Waals surface area contributed by atoms with E-state index in [2.05, 4.69) is 5.32 Å². The number of non-ortho nitro benzene ring substituents is 1. The Morgan fingerprint density at radius 2 is 1.58 bits per heavy atom. The summed E-state index contributed by atoms with van der Waals surface area (Å²) in [5.74, 6) is -3.86. The van der Waals surface area contributed by atoms with E-state index >= 15 is 0 Å². The van der Waals surface area contributed by atoms with Crippen molar-refractivity contribution in [1.29, 1.82) is 0 Å². The molecule has 3 aromatic carbocycles. The number of hydrogen-bond donors (Lipinski definition) is 1. The first kappa shape index (κ1) is 21.8. The Kier molecular flexibility index (Phi) is 5.70. The van der Waals surface area contributed by atoms with Crippen LogP contribution < -0.4 is 10.2 Å². The molecular formula is C24H17F2N3O4. The molecule has 1 aliphatic heterocycles. The molecule has 7 nitrogen and oxygen atoms in total. The number of carbonyl (C=O) groups is 2. The Morgan fingerprint density at radius 1 is 0.909 bits per heavy atom. The number of amides is 2. The second-order valence-electron chi connectivity index (χ2n) is 7.27. The number of nitrogens with one attached hydrogen (secondary N) is 1. The molecule has 9 heteroatoms. The lowest BCUT2D eigenvalue weighted by Crippen LogP contribution is -2.32. The Hall–Kier alpha value is -4.40. The maximum atomic E-state index is 13.8. The van der Waals surface area contributed by atoms with E-state index < -0.39 is 28.4 Å². The third-order valence-corrected chi connectivity index (χ3v) is 5.24. The average Bonchev–Trinajstić information content (AvgIpc) is 3.05. The van der Waals surface area contributed by atoms with Crippen LogP contribution in [0.3, 0.4) is 0 Å². The molecule has 0 bridgehead atoms. The number of carbonyl (C=O) groups excluding carboxylic acids is 2. The van der Waals surface area contributed by atoms with Crippen molar-refractivity contribution in [1.82, 2.24) is 0 Å². The molecule has 33 heavy (non-hydrogen) atoms. The van der Waals surface area contributed by atoms with Gasteiger partial charge in [-0.05, 0) is 53.9 Å². The fourth-order valence-electron chi connectivity index (χ4n) is 3.49. The van der Waals surface area contributed by atoms with E-state index in [1.807, 2.05) is 19.1 Å². The van der Waals surface area contributed by atoms with Gasteiger partial charge in [0.05, 0.1) is 16.2 Å². The Bertz CT molecular complexity index is 1300. The molecule has 0 saturated carbocycles. The summed E-state index contributed by atoms with van der Waals surface area (Å²) < 4.78 is 27.2. The largest absolute Gasteiger partial charge is 0.350 e. The van der Waals surface area contributed by atoms with Crippen LogP contribution in [0.4, 0.5) is 25.8 Å². The first-order valence-corrected chi connectivity index (χ1v) is 9.99. The molecule has 0 atom stereocenters. The lowest BCUT2D eigenvalue weighted by Gasteiger charge is -2.15. The van der Waals surface area contributed by atoms with Crippen LogP contribution in [0.2, 0.25) is 0 Å². The van der Waals surface area contributed by atoms with Gasteiger partial charge < -0.3 is 5.32 Å². The van der Waals surface area contributed by atoms with Gasteiger partial charge in [-0.15, -0.1) is 0 Å². The number of anilines is 2. The van der Waals surface area contributed by atoms with Crippen molar-refractivity contribution in [3.63, 3.8) is 0 Å². The zero-order valence-electron chi connectivity index (χ0n) is 17.3. The summed E-state index contributed by atoms with van der Waals surface area (Å²) in [5.41, 5.74) is 1.43. The Labute approximate surface area is 187 Å². The fourth-order valence-corrected chi connectivity index (χ4v) is 3.49. The summed E-state index contributed by atoms with van der Waals surface area (Å²) in [5, 5.41) is 13.9. The maximum absolute atomic E-state index is 13.8. The van der Waals surface area contributed by atoms with Crippen LogP contribution in [-0.2, 0) is 16.0 Å². The fraction of sp³-hybridized carbons (Fsp3) is 0.0833. The van der Waals surface area contributed by atoms with Crippen LogP contribution in [0.15, 0.2) is 72.4 Å². The zero-order chi connectivity index (χ0) is 23.7. The van der Waals surface area contributed by atoms with Gasteiger partial charge in [0.2, 0.25) is 0 Å². The number of nitro benzene ring substituents is 1. The van der Waals surface area contributed by atoms with Gasteiger partial charge in [-0.3, -0.25) is 19.7 Å². The van der Waals surface area contributed by atoms with Gasteiger partial charge in [-0.2, -0.15) is 0 Å². The van der Waals surface area contributed by atoms with E-state index in [1.165, 1.54) is 24.3 Å². The second kappa shape index (κ2) is 8.62. The van der Waals surface area contributed by atoms with Crippen LogP contribution in [0.5, 0.6) is 0 Å². The number of nitro groups is 1. The summed E-state index contributed by atoms with van der Waals surface area (Å²) in [7, 11) is 0. The summed E-state index contributed by atoms with van der Waals surface area (Å²) in [6.07, 6.45) is 0.818. The molecule has 0 spiro atoms. The quantitative estimate of drug-likeness (QED) is 0.331. The van der Waals surface area contributed by atoms with Gasteiger partial charge in [0.25, 0.3) is 17.5 Å². The summed E-state index contributed by atoms with van der Waals surface area (Å²) in [6, 6.07) is 15.1. The topological polar surface area (TPSA) is 92.6 Å². The molecule has 4 rings (SSSR count). The molecule has 1 aliphatic rings. The van der Waals surface area contributed by atoms with Gasteiger partial charge in [-0.25, -0.2) is 13.7 Å². The lowest BCUT2D eigenvalue weighted by molar-refractivity contribution is -0.384. The van der Waals surface area contributed by atoms with Crippen molar-refractivity contribution in [2.75, 3.05) is 10.2 Å². The SMILES string of the molecule is CCc1ccc(NC2=C(c3ccc([N+](=O)[O-])cc3)C(=O)N(c3ccc(F)c(F)c3)C2=O)cc1. The van der Waals surface area contributed by atoms with Crippen molar-refractivity contribution in [3.05, 3.63) is 105 Å². The third-order valence-electron chi connectivity index (χ3n) is 5.24. The smallest absolute Gasteiger partial charge is 0.282 e. The Balaban J connectivity index is 1.80. The van der Waals surface area contributed by atoms with Crippen molar-refractivity contribution >= 4 is 34.4 Å². The predicted molar refractivity (Wildman–Crippen MR) is 118 cm³/mol. The van der Waals surface area contributed by atoms with Crippen LogP contribution in [0.1, 0.15) is 18.1 Å². The van der Waals surface area contributed by atoms with Crippen LogP contribution in [-0.4, -0.2) is 16.7 Å². The molecule has 1 N–H and O–H groups in total. The van der Waals surface area contributed by atoms with E-state index in [4.69, 9.17) is 0 Å². The average molecular weight is 449 g/mol. The van der Waals surface area contributed by atoms with Crippen molar-refractivity contribution in [3.8, 4) is 0 Å². The van der Waals surface area contributed by atoms with Gasteiger partial charge in [0, 0.05) is 23.9 Å². The van der Waals surface area contributed by atoms with Crippen molar-refractivity contribution in [2.24, 2.45) is 0 Å². The number of hydrogen-bond acceptors (Lipinski definition) is 5. The third kappa shape index (κ3) is 4.08. The molecule has 0 saturated heterocycles. The first-order chi connectivity index (χ1) is 15.8. The van der Waals surface area contributed by atoms with Gasteiger partial charge in [0.15, 0.2) is 11.6 Å². The van der Waals surface area contributed by atoms with E-state index in [9.17, 15) is 28.5 Å². The minimum absolute atomic E-state index is 0.0424. The van der Waals surface area contributed by atoms with E-state index in [0.29, 0.717) is 5.69 Å². The molecule has 3 aromatic rings. The number of rotatable bonds is 6. The highest BCUT2D eigenvalue weighted by Crippen LogP contribution is 2.34. The highest BCUT2D eigenvalue weighted by atomic mass is 19.2. The summed E-state index contributed by atoms with van der Waals surface area (Å²) in [4.78, 5) is 37.7. The molecule has 0 aromatic heterocycles. The summed E-state index contributed by atoms with van der Waals surface area (Å²) >= 11 is 0. The predicted octanol–water partition coefficient (Wildman–Crippen LogP) is 4.83. The maximum Gasteiger partial charge on any atom is 0.282 e. The number of benzene rings is 3. The van der Waals surface area contributed by atoms with Crippen LogP contribution in [0.25, 0.3) is 5.57 Å². The van der Waals surface area contributed by atoms with Crippen molar-refractivity contribution < 1.29 is 23.3 Å². The highest BCUT2D eigenvalue weighted by molar-refractivity contribution is 6.46. The molecule has 0 unspecified atom stereocenters. The minimum atomic E-state index is -1.21. The normalized spacial score (nSPS) is 13.6. The number of imide groups is 1. The van der Waals surface area contributed by atoms with E-state index in [1.54, 1.807) is 12.1 Å². The number of nitrogens with zero attached hydrogens (tertiary/aromatic N) is 2. The standard InChI is InChI=1S/C24H17F2N3O4/c1-2-14-3-7-16(8-4-14)27-22-21(15-5-9-17(10-6-15)29(32)33)23(30)28(24(22)31)18-11-12-19(25)20(26)13-18/h3-13,27H,2H2,1H3. The summed E-state index contributed by atoms with van der Waals surface area (Å²) in [6.45, 7) is 2.00. The lowest BCUT2D eigenvalue weighted by atomic mass is 10.0. The van der Waals surface area contributed by atoms with Gasteiger partial charge in [-0.1, -0.05) is 19.1 Å². The highest BCUT2D eigenvalue weighted by Gasteiger charge is 2.40. The minimum Gasteiger partial charge on any atom is -0.350 e. The van der Waals surface area contributed by atoms with Crippen LogP contribution >= 0.6 is 0 Å². The zero-order valence-corrected chi connectivity index (χ0v) is 17.3. The molecular weight excluding hydrogens is 432 g/mol. The van der Waals surface area contributed by atoms with E-state index in [0.717, 1.165) is 35.1 Å². The molecule has 166 valence electrons. The number of aryl methyl sites for hydroxylation is 1. The van der Waals surface area contributed by atoms with Crippen LogP contribution in [0, 0.1) is 21.7 Å². The second-order valence-corrected chi connectivity index (χ2v) is 7.27. The molecule has 0 fully saturated rings. The molecule has 0 aliphatic carbocycles. The molecule has 0 radical (unpaired) electrons. The molecule has 1 heterocycles. The van der Waals surface area contributed by atoms with Crippen molar-refractivity contribution in [2.45, 2.75) is 13.3 Å². The molecule has 2 amide bonds. The van der Waals surface area contributed by atoms with Gasteiger partial charge >= 0.3 is 0 Å². The Morgan fingerprint density at radius 3 is 2.15 bits per heavy atom. The first-order valence-electron chi connectivity index (χ1n) is 9.99. The monoisotopic (exact) mass is 449 g/mol. The van der Waals surface area contributed by atoms with Gasteiger partial charge in [0.1, 0.15) is 5.70 Å².